The number of furan rings is 1. The normalized spacial score (nSPS) is 27.5. The molecule has 26 heavy (non-hydrogen) atoms. The predicted octanol–water partition coefficient (Wildman–Crippen LogP) is 2.92. The second-order valence-electron chi connectivity index (χ2n) is 6.86. The van der Waals surface area contributed by atoms with Gasteiger partial charge in [0.1, 0.15) is 6.07 Å². The van der Waals surface area contributed by atoms with E-state index in [1.165, 1.54) is 0 Å². The second-order valence-corrected chi connectivity index (χ2v) is 7.23. The Balaban J connectivity index is 1.46. The van der Waals surface area contributed by atoms with E-state index in [-0.39, 0.29) is 23.0 Å². The summed E-state index contributed by atoms with van der Waals surface area (Å²) >= 11 is 6.19. The number of rotatable bonds is 3. The molecule has 1 saturated heterocycles. The summed E-state index contributed by atoms with van der Waals surface area (Å²) in [4.78, 5) is 12.7. The number of fused-ring (bicyclic) bond motifs is 1. The van der Waals surface area contributed by atoms with Gasteiger partial charge in [0.15, 0.2) is 0 Å². The Morgan fingerprint density at radius 3 is 2.96 bits per heavy atom. The number of carbonyl (C=O) groups excluding carboxylic acids is 1. The number of nitrogens with zero attached hydrogens (tertiary/aromatic N) is 1. The number of hydrazine groups is 1. The van der Waals surface area contributed by atoms with Crippen molar-refractivity contribution in [2.45, 2.75) is 37.4 Å². The summed E-state index contributed by atoms with van der Waals surface area (Å²) < 4.78 is 5.21. The summed E-state index contributed by atoms with van der Waals surface area (Å²) in [6.45, 7) is 0. The van der Waals surface area contributed by atoms with Crippen LogP contribution in [0.3, 0.4) is 0 Å². The van der Waals surface area contributed by atoms with Crippen LogP contribution in [0.4, 0.5) is 0 Å². The molecule has 0 spiro atoms. The lowest BCUT2D eigenvalue weighted by Gasteiger charge is -2.33. The monoisotopic (exact) mass is 370 g/mol. The standard InChI is InChI=1S/C19H19ClN4O2/c20-17-11(9-21)2-1-3-14(17)19(25)22-13-4-5-16-15(8-13)18(24-23-16)12-6-7-26-10-12/h1-3,6-7,10,13,15-16,18,23-24H,4-5,8H2,(H,22,25). The van der Waals surface area contributed by atoms with Crippen LogP contribution >= 0.6 is 11.6 Å². The molecule has 4 rings (SSSR count). The highest BCUT2D eigenvalue weighted by Crippen LogP contribution is 2.38. The number of carbonyl (C=O) groups is 1. The van der Waals surface area contributed by atoms with Gasteiger partial charge in [0.25, 0.3) is 5.91 Å². The summed E-state index contributed by atoms with van der Waals surface area (Å²) in [5.74, 6) is 0.141. The first kappa shape index (κ1) is 17.1. The molecular formula is C19H19ClN4O2. The maximum Gasteiger partial charge on any atom is 0.253 e. The van der Waals surface area contributed by atoms with Crippen molar-refractivity contribution >= 4 is 17.5 Å². The van der Waals surface area contributed by atoms with Gasteiger partial charge in [0.2, 0.25) is 0 Å². The minimum atomic E-state index is -0.227. The molecule has 0 bridgehead atoms. The van der Waals surface area contributed by atoms with E-state index in [0.29, 0.717) is 23.1 Å². The molecule has 1 aromatic carbocycles. The quantitative estimate of drug-likeness (QED) is 0.772. The molecule has 7 heteroatoms. The zero-order valence-electron chi connectivity index (χ0n) is 14.0. The number of hydrogen-bond donors (Lipinski definition) is 3. The Morgan fingerprint density at radius 1 is 1.31 bits per heavy atom. The van der Waals surface area contributed by atoms with Gasteiger partial charge in [0.05, 0.1) is 34.7 Å². The van der Waals surface area contributed by atoms with Gasteiger partial charge >= 0.3 is 0 Å². The first-order valence-electron chi connectivity index (χ1n) is 8.70. The van der Waals surface area contributed by atoms with E-state index in [1.54, 1.807) is 30.7 Å². The zero-order chi connectivity index (χ0) is 18.1. The zero-order valence-corrected chi connectivity index (χ0v) is 14.8. The van der Waals surface area contributed by atoms with Gasteiger partial charge in [-0.2, -0.15) is 5.26 Å². The summed E-state index contributed by atoms with van der Waals surface area (Å²) in [6, 6.07) is 9.54. The number of nitriles is 1. The Bertz CT molecular complexity index is 846. The number of nitrogens with one attached hydrogen (secondary N) is 3. The van der Waals surface area contributed by atoms with Crippen LogP contribution in [0.2, 0.25) is 5.02 Å². The van der Waals surface area contributed by atoms with Gasteiger partial charge in [-0.3, -0.25) is 10.2 Å². The van der Waals surface area contributed by atoms with E-state index in [4.69, 9.17) is 21.3 Å². The molecule has 1 aliphatic carbocycles. The number of amides is 1. The van der Waals surface area contributed by atoms with E-state index in [1.807, 2.05) is 12.1 Å². The van der Waals surface area contributed by atoms with Gasteiger partial charge in [-0.05, 0) is 43.4 Å². The van der Waals surface area contributed by atoms with Crippen molar-refractivity contribution in [3.63, 3.8) is 0 Å². The summed E-state index contributed by atoms with van der Waals surface area (Å²) in [5.41, 5.74) is 8.49. The molecule has 134 valence electrons. The highest BCUT2D eigenvalue weighted by atomic mass is 35.5. The Morgan fingerprint density at radius 2 is 2.19 bits per heavy atom. The molecule has 4 atom stereocenters. The third-order valence-electron chi connectivity index (χ3n) is 5.35. The van der Waals surface area contributed by atoms with Crippen molar-refractivity contribution in [2.75, 3.05) is 0 Å². The fraction of sp³-hybridized carbons (Fsp3) is 0.368. The van der Waals surface area contributed by atoms with Gasteiger partial charge in [-0.15, -0.1) is 0 Å². The van der Waals surface area contributed by atoms with E-state index in [0.717, 1.165) is 24.8 Å². The Kier molecular flexibility index (Phi) is 4.68. The second kappa shape index (κ2) is 7.12. The topological polar surface area (TPSA) is 90.1 Å². The van der Waals surface area contributed by atoms with Gasteiger partial charge < -0.3 is 9.73 Å². The molecule has 6 nitrogen and oxygen atoms in total. The lowest BCUT2D eigenvalue weighted by Crippen LogP contribution is -2.44. The average molecular weight is 371 g/mol. The average Bonchev–Trinajstić information content (AvgIpc) is 3.30. The predicted molar refractivity (Wildman–Crippen MR) is 96.3 cm³/mol. The first-order chi connectivity index (χ1) is 12.7. The van der Waals surface area contributed by atoms with Crippen molar-refractivity contribution in [1.82, 2.24) is 16.2 Å². The van der Waals surface area contributed by atoms with E-state index in [9.17, 15) is 4.79 Å². The summed E-state index contributed by atoms with van der Waals surface area (Å²) in [5, 5.41) is 12.4. The maximum atomic E-state index is 12.7. The minimum absolute atomic E-state index is 0.0710. The van der Waals surface area contributed by atoms with Gasteiger partial charge in [-0.1, -0.05) is 17.7 Å². The van der Waals surface area contributed by atoms with Crippen molar-refractivity contribution in [3.05, 3.63) is 58.5 Å². The molecule has 4 unspecified atom stereocenters. The van der Waals surface area contributed by atoms with Crippen LogP contribution in [0.25, 0.3) is 0 Å². The molecule has 1 saturated carbocycles. The fourth-order valence-electron chi connectivity index (χ4n) is 4.03. The Labute approximate surface area is 156 Å². The highest BCUT2D eigenvalue weighted by molar-refractivity contribution is 6.35. The molecule has 1 aromatic heterocycles. The van der Waals surface area contributed by atoms with E-state index < -0.39 is 0 Å². The lowest BCUT2D eigenvalue weighted by molar-refractivity contribution is 0.0915. The summed E-state index contributed by atoms with van der Waals surface area (Å²) in [7, 11) is 0. The molecule has 2 aromatic rings. The SMILES string of the molecule is N#Cc1cccc(C(=O)NC2CCC3NNC(c4ccoc4)C3C2)c1Cl. The molecule has 1 aliphatic heterocycles. The first-order valence-corrected chi connectivity index (χ1v) is 9.08. The molecule has 3 N–H and O–H groups in total. The number of halogens is 1. The van der Waals surface area contributed by atoms with Gasteiger partial charge in [-0.25, -0.2) is 5.43 Å². The van der Waals surface area contributed by atoms with Crippen LogP contribution in [0.5, 0.6) is 0 Å². The molecular weight excluding hydrogens is 352 g/mol. The van der Waals surface area contributed by atoms with Crippen LogP contribution in [0.1, 0.15) is 46.8 Å². The van der Waals surface area contributed by atoms with Crippen LogP contribution in [0.15, 0.2) is 41.2 Å². The van der Waals surface area contributed by atoms with Gasteiger partial charge in [0, 0.05) is 17.6 Å². The van der Waals surface area contributed by atoms with Crippen molar-refractivity contribution in [2.24, 2.45) is 5.92 Å². The van der Waals surface area contributed by atoms with Crippen LogP contribution in [-0.2, 0) is 0 Å². The summed E-state index contributed by atoms with van der Waals surface area (Å²) in [6.07, 6.45) is 6.17. The largest absolute Gasteiger partial charge is 0.472 e. The fourth-order valence-corrected chi connectivity index (χ4v) is 4.28. The minimum Gasteiger partial charge on any atom is -0.472 e. The molecule has 2 fully saturated rings. The van der Waals surface area contributed by atoms with Crippen LogP contribution in [0, 0.1) is 17.2 Å². The maximum absolute atomic E-state index is 12.7. The lowest BCUT2D eigenvalue weighted by atomic mass is 9.77. The highest BCUT2D eigenvalue weighted by Gasteiger charge is 2.41. The van der Waals surface area contributed by atoms with Crippen LogP contribution < -0.4 is 16.2 Å². The number of benzene rings is 1. The van der Waals surface area contributed by atoms with E-state index in [2.05, 4.69) is 16.2 Å². The third kappa shape index (κ3) is 3.10. The smallest absolute Gasteiger partial charge is 0.253 e. The van der Waals surface area contributed by atoms with E-state index >= 15 is 0 Å². The molecule has 2 heterocycles. The van der Waals surface area contributed by atoms with Crippen LogP contribution in [-0.4, -0.2) is 18.0 Å². The molecule has 0 radical (unpaired) electrons. The van der Waals surface area contributed by atoms with Crippen molar-refractivity contribution < 1.29 is 9.21 Å². The van der Waals surface area contributed by atoms with Crippen molar-refractivity contribution in [1.29, 1.82) is 5.26 Å². The molecule has 2 aliphatic rings. The number of hydrogen-bond acceptors (Lipinski definition) is 5. The van der Waals surface area contributed by atoms with Crippen molar-refractivity contribution in [3.8, 4) is 6.07 Å². The molecule has 1 amide bonds. The third-order valence-corrected chi connectivity index (χ3v) is 5.76. The Hall–Kier alpha value is -2.33.